The lowest BCUT2D eigenvalue weighted by atomic mass is 9.58. The van der Waals surface area contributed by atoms with Crippen molar-refractivity contribution in [3.8, 4) is 0 Å². The molecule has 1 unspecified atom stereocenters. The number of nitrogens with two attached hydrogens (primary N) is 1. The maximum Gasteiger partial charge on any atom is 0.0341 e. The van der Waals surface area contributed by atoms with Gasteiger partial charge >= 0.3 is 0 Å². The highest BCUT2D eigenvalue weighted by atomic mass is 15.2. The third-order valence-electron chi connectivity index (χ3n) is 5.64. The number of rotatable bonds is 2. The Kier molecular flexibility index (Phi) is 4.57. The van der Waals surface area contributed by atoms with E-state index in [0.29, 0.717) is 10.8 Å². The Morgan fingerprint density at radius 2 is 1.55 bits per heavy atom. The topological polar surface area (TPSA) is 29.3 Å². The van der Waals surface area contributed by atoms with Crippen LogP contribution < -0.4 is 5.73 Å². The molecule has 20 heavy (non-hydrogen) atoms. The van der Waals surface area contributed by atoms with Gasteiger partial charge in [0.2, 0.25) is 0 Å². The second-order valence-electron chi connectivity index (χ2n) is 9.31. The minimum Gasteiger partial charge on any atom is -0.329 e. The van der Waals surface area contributed by atoms with E-state index in [9.17, 15) is 0 Å². The van der Waals surface area contributed by atoms with Crippen LogP contribution in [0.25, 0.3) is 0 Å². The summed E-state index contributed by atoms with van der Waals surface area (Å²) in [4.78, 5) is 2.78. The normalized spacial score (nSPS) is 33.6. The summed E-state index contributed by atoms with van der Waals surface area (Å²) >= 11 is 0. The third-order valence-corrected chi connectivity index (χ3v) is 5.64. The first kappa shape index (κ1) is 16.3. The molecule has 0 aromatic heterocycles. The van der Waals surface area contributed by atoms with Gasteiger partial charge in [0.1, 0.15) is 0 Å². The molecule has 1 aliphatic heterocycles. The zero-order valence-electron chi connectivity index (χ0n) is 14.5. The van der Waals surface area contributed by atoms with Gasteiger partial charge in [-0.2, -0.15) is 0 Å². The van der Waals surface area contributed by atoms with E-state index in [4.69, 9.17) is 5.73 Å². The highest BCUT2D eigenvalue weighted by Gasteiger charge is 2.49. The predicted octanol–water partition coefficient (Wildman–Crippen LogP) is 4.04. The zero-order valence-corrected chi connectivity index (χ0v) is 14.5. The van der Waals surface area contributed by atoms with Crippen LogP contribution in [0, 0.1) is 16.7 Å². The maximum absolute atomic E-state index is 6.36. The van der Waals surface area contributed by atoms with Crippen LogP contribution >= 0.6 is 0 Å². The summed E-state index contributed by atoms with van der Waals surface area (Å²) in [5, 5.41) is 0. The van der Waals surface area contributed by atoms with Crippen molar-refractivity contribution in [2.75, 3.05) is 19.6 Å². The highest BCUT2D eigenvalue weighted by molar-refractivity contribution is 5.04. The Morgan fingerprint density at radius 3 is 2.10 bits per heavy atom. The first-order valence-corrected chi connectivity index (χ1v) is 8.63. The molecular formula is C18H36N2. The largest absolute Gasteiger partial charge is 0.329 e. The minimum atomic E-state index is 0.245. The van der Waals surface area contributed by atoms with Crippen molar-refractivity contribution in [2.24, 2.45) is 22.5 Å². The highest BCUT2D eigenvalue weighted by Crippen LogP contribution is 2.52. The van der Waals surface area contributed by atoms with E-state index in [0.717, 1.165) is 12.5 Å². The zero-order chi connectivity index (χ0) is 15.0. The van der Waals surface area contributed by atoms with Gasteiger partial charge in [-0.15, -0.1) is 0 Å². The average Bonchev–Trinajstić information content (AvgIpc) is 2.50. The maximum atomic E-state index is 6.36. The molecule has 1 saturated heterocycles. The molecule has 0 spiro atoms. The van der Waals surface area contributed by atoms with Gasteiger partial charge in [0, 0.05) is 12.1 Å². The average molecular weight is 281 g/mol. The van der Waals surface area contributed by atoms with E-state index >= 15 is 0 Å². The summed E-state index contributed by atoms with van der Waals surface area (Å²) in [7, 11) is 0. The summed E-state index contributed by atoms with van der Waals surface area (Å²) in [6.45, 7) is 15.5. The van der Waals surface area contributed by atoms with Crippen molar-refractivity contribution in [3.63, 3.8) is 0 Å². The molecule has 118 valence electrons. The SMILES string of the molecule is CC1CCCN(C2(CN)CC(C)(C)CC(C)(C)C2)CC1. The quantitative estimate of drug-likeness (QED) is 0.827. The molecule has 1 aliphatic carbocycles. The molecule has 0 aromatic rings. The molecule has 0 amide bonds. The second kappa shape index (κ2) is 5.61. The van der Waals surface area contributed by atoms with Crippen molar-refractivity contribution >= 4 is 0 Å². The number of hydrogen-bond donors (Lipinski definition) is 1. The molecule has 1 atom stereocenters. The smallest absolute Gasteiger partial charge is 0.0341 e. The van der Waals surface area contributed by atoms with Gasteiger partial charge in [-0.25, -0.2) is 0 Å². The molecule has 0 aromatic carbocycles. The van der Waals surface area contributed by atoms with Crippen LogP contribution in [0.3, 0.4) is 0 Å². The summed E-state index contributed by atoms with van der Waals surface area (Å²) in [5.41, 5.74) is 7.43. The molecule has 2 heteroatoms. The van der Waals surface area contributed by atoms with Crippen LogP contribution in [0.15, 0.2) is 0 Å². The summed E-state index contributed by atoms with van der Waals surface area (Å²) in [6, 6.07) is 0. The molecule has 1 heterocycles. The van der Waals surface area contributed by atoms with Crippen LogP contribution in [-0.4, -0.2) is 30.1 Å². The van der Waals surface area contributed by atoms with Gasteiger partial charge in [0.05, 0.1) is 0 Å². The van der Waals surface area contributed by atoms with Gasteiger partial charge in [-0.1, -0.05) is 34.6 Å². The van der Waals surface area contributed by atoms with Gasteiger partial charge in [0.15, 0.2) is 0 Å². The number of likely N-dealkylation sites (tertiary alicyclic amines) is 1. The van der Waals surface area contributed by atoms with E-state index in [1.165, 1.54) is 51.6 Å². The monoisotopic (exact) mass is 280 g/mol. The Balaban J connectivity index is 2.23. The molecule has 2 nitrogen and oxygen atoms in total. The molecule has 2 N–H and O–H groups in total. The van der Waals surface area contributed by atoms with Crippen LogP contribution in [-0.2, 0) is 0 Å². The minimum absolute atomic E-state index is 0.245. The van der Waals surface area contributed by atoms with E-state index in [2.05, 4.69) is 39.5 Å². The van der Waals surface area contributed by atoms with E-state index in [-0.39, 0.29) is 5.54 Å². The molecule has 0 bridgehead atoms. The van der Waals surface area contributed by atoms with E-state index < -0.39 is 0 Å². The third kappa shape index (κ3) is 3.57. The fraction of sp³-hybridized carbons (Fsp3) is 1.00. The molecule has 0 radical (unpaired) electrons. The van der Waals surface area contributed by atoms with Crippen LogP contribution in [0.1, 0.15) is 73.1 Å². The lowest BCUT2D eigenvalue weighted by Gasteiger charge is -2.56. The summed E-state index contributed by atoms with van der Waals surface area (Å²) < 4.78 is 0. The molecule has 2 fully saturated rings. The molecule has 2 aliphatic rings. The first-order chi connectivity index (χ1) is 9.18. The van der Waals surface area contributed by atoms with Gasteiger partial charge in [-0.3, -0.25) is 4.90 Å². The predicted molar refractivity (Wildman–Crippen MR) is 87.8 cm³/mol. The molecular weight excluding hydrogens is 244 g/mol. The first-order valence-electron chi connectivity index (χ1n) is 8.63. The lowest BCUT2D eigenvalue weighted by molar-refractivity contribution is -0.0426. The van der Waals surface area contributed by atoms with Crippen molar-refractivity contribution < 1.29 is 0 Å². The van der Waals surface area contributed by atoms with Gasteiger partial charge < -0.3 is 5.73 Å². The Labute approximate surface area is 126 Å². The molecule has 2 rings (SSSR count). The van der Waals surface area contributed by atoms with E-state index in [1.807, 2.05) is 0 Å². The van der Waals surface area contributed by atoms with Crippen LogP contribution in [0.5, 0.6) is 0 Å². The van der Waals surface area contributed by atoms with Gasteiger partial charge in [-0.05, 0) is 68.4 Å². The Hall–Kier alpha value is -0.0800. The fourth-order valence-corrected chi connectivity index (χ4v) is 5.50. The summed E-state index contributed by atoms with van der Waals surface area (Å²) in [5.74, 6) is 0.888. The number of nitrogens with zero attached hydrogens (tertiary/aromatic N) is 1. The van der Waals surface area contributed by atoms with E-state index in [1.54, 1.807) is 0 Å². The fourth-order valence-electron chi connectivity index (χ4n) is 5.50. The van der Waals surface area contributed by atoms with Crippen LogP contribution in [0.2, 0.25) is 0 Å². The van der Waals surface area contributed by atoms with Crippen molar-refractivity contribution in [1.29, 1.82) is 0 Å². The van der Waals surface area contributed by atoms with Crippen molar-refractivity contribution in [2.45, 2.75) is 78.7 Å². The Morgan fingerprint density at radius 1 is 0.950 bits per heavy atom. The van der Waals surface area contributed by atoms with Crippen molar-refractivity contribution in [1.82, 2.24) is 4.90 Å². The Bertz CT molecular complexity index is 316. The number of hydrogen-bond acceptors (Lipinski definition) is 2. The molecule has 1 saturated carbocycles. The van der Waals surface area contributed by atoms with Crippen molar-refractivity contribution in [3.05, 3.63) is 0 Å². The standard InChI is InChI=1S/C18H36N2/c1-15-7-6-9-20(10-8-15)18(14-19)12-16(2,3)11-17(4,5)13-18/h15H,6-14,19H2,1-5H3. The lowest BCUT2D eigenvalue weighted by Crippen LogP contribution is -2.61. The second-order valence-corrected chi connectivity index (χ2v) is 9.31. The summed E-state index contributed by atoms with van der Waals surface area (Å²) in [6.07, 6.45) is 7.96. The van der Waals surface area contributed by atoms with Gasteiger partial charge in [0.25, 0.3) is 0 Å². The van der Waals surface area contributed by atoms with Crippen LogP contribution in [0.4, 0.5) is 0 Å².